The van der Waals surface area contributed by atoms with Crippen LogP contribution in [0.4, 0.5) is 0 Å². The molecule has 6 heteroatoms. The second-order valence-corrected chi connectivity index (χ2v) is 6.57. The SMILES string of the molecule is C[C@@]1(C(=O)NCc2ccc3c(c2)OCO3)CC1(Cl)Cl. The lowest BCUT2D eigenvalue weighted by molar-refractivity contribution is -0.125. The third-order valence-electron chi connectivity index (χ3n) is 3.65. The molecule has 0 aromatic heterocycles. The first-order valence-corrected chi connectivity index (χ1v) is 6.73. The number of carbonyl (C=O) groups excluding carboxylic acids is 1. The number of amides is 1. The van der Waals surface area contributed by atoms with Crippen molar-refractivity contribution >= 4 is 29.1 Å². The van der Waals surface area contributed by atoms with Crippen LogP contribution in [0.25, 0.3) is 0 Å². The summed E-state index contributed by atoms with van der Waals surface area (Å²) < 4.78 is 9.57. The van der Waals surface area contributed by atoms with Crippen LogP contribution < -0.4 is 14.8 Å². The summed E-state index contributed by atoms with van der Waals surface area (Å²) in [7, 11) is 0. The Labute approximate surface area is 121 Å². The van der Waals surface area contributed by atoms with Crippen LogP contribution in [-0.4, -0.2) is 17.0 Å². The van der Waals surface area contributed by atoms with Gasteiger partial charge in [-0.2, -0.15) is 0 Å². The van der Waals surface area contributed by atoms with Crippen molar-refractivity contribution in [2.45, 2.75) is 24.2 Å². The van der Waals surface area contributed by atoms with Gasteiger partial charge in [0.2, 0.25) is 12.7 Å². The number of rotatable bonds is 3. The van der Waals surface area contributed by atoms with Crippen molar-refractivity contribution in [1.82, 2.24) is 5.32 Å². The van der Waals surface area contributed by atoms with Crippen molar-refractivity contribution in [1.29, 1.82) is 0 Å². The second-order valence-electron chi connectivity index (χ2n) is 5.08. The van der Waals surface area contributed by atoms with Crippen LogP contribution >= 0.6 is 23.2 Å². The highest BCUT2D eigenvalue weighted by molar-refractivity contribution is 6.53. The summed E-state index contributed by atoms with van der Waals surface area (Å²) in [5.41, 5.74) is 0.253. The Morgan fingerprint density at radius 3 is 2.74 bits per heavy atom. The fourth-order valence-electron chi connectivity index (χ4n) is 2.07. The maximum Gasteiger partial charge on any atom is 0.231 e. The second kappa shape index (κ2) is 4.18. The summed E-state index contributed by atoms with van der Waals surface area (Å²) in [5.74, 6) is 1.30. The molecule has 1 amide bonds. The molecule has 1 atom stereocenters. The molecule has 1 aromatic rings. The van der Waals surface area contributed by atoms with E-state index < -0.39 is 9.75 Å². The number of fused-ring (bicyclic) bond motifs is 1. The molecule has 1 heterocycles. The van der Waals surface area contributed by atoms with E-state index in [1.54, 1.807) is 6.92 Å². The van der Waals surface area contributed by atoms with Gasteiger partial charge in [0.25, 0.3) is 0 Å². The largest absolute Gasteiger partial charge is 0.454 e. The van der Waals surface area contributed by atoms with E-state index >= 15 is 0 Å². The van der Waals surface area contributed by atoms with Crippen LogP contribution in [-0.2, 0) is 11.3 Å². The van der Waals surface area contributed by atoms with Crippen LogP contribution in [0.5, 0.6) is 11.5 Å². The molecule has 1 aromatic carbocycles. The summed E-state index contributed by atoms with van der Waals surface area (Å²) in [6.07, 6.45) is 0.482. The van der Waals surface area contributed by atoms with Crippen LogP contribution in [0.2, 0.25) is 0 Å². The van der Waals surface area contributed by atoms with Crippen molar-refractivity contribution in [2.75, 3.05) is 6.79 Å². The molecule has 2 aliphatic rings. The predicted octanol–water partition coefficient (Wildman–Crippen LogP) is 2.62. The number of ether oxygens (including phenoxy) is 2. The quantitative estimate of drug-likeness (QED) is 0.873. The first-order valence-electron chi connectivity index (χ1n) is 5.97. The minimum Gasteiger partial charge on any atom is -0.454 e. The number of alkyl halides is 2. The zero-order chi connectivity index (χ0) is 13.7. The minimum atomic E-state index is -0.939. The van der Waals surface area contributed by atoms with E-state index in [4.69, 9.17) is 32.7 Å². The van der Waals surface area contributed by atoms with Gasteiger partial charge in [-0.05, 0) is 31.0 Å². The normalized spacial score (nSPS) is 26.1. The fraction of sp³-hybridized carbons (Fsp3) is 0.462. The van der Waals surface area contributed by atoms with Gasteiger partial charge in [0.15, 0.2) is 11.5 Å². The van der Waals surface area contributed by atoms with Gasteiger partial charge in [-0.15, -0.1) is 23.2 Å². The number of nitrogens with one attached hydrogen (secondary N) is 1. The Balaban J connectivity index is 1.63. The topological polar surface area (TPSA) is 47.6 Å². The van der Waals surface area contributed by atoms with Crippen molar-refractivity contribution in [3.8, 4) is 11.5 Å². The van der Waals surface area contributed by atoms with Gasteiger partial charge in [-0.25, -0.2) is 0 Å². The molecule has 1 fully saturated rings. The van der Waals surface area contributed by atoms with E-state index in [0.717, 1.165) is 11.3 Å². The van der Waals surface area contributed by atoms with Gasteiger partial charge in [0.1, 0.15) is 4.33 Å². The number of hydrogen-bond donors (Lipinski definition) is 1. The molecule has 1 saturated carbocycles. The van der Waals surface area contributed by atoms with Gasteiger partial charge in [0, 0.05) is 6.54 Å². The standard InChI is InChI=1S/C13H13Cl2NO3/c1-12(6-13(12,14)15)11(17)16-5-8-2-3-9-10(4-8)19-7-18-9/h2-4H,5-7H2,1H3,(H,16,17)/t12-/m0/s1. The molecule has 1 N–H and O–H groups in total. The highest BCUT2D eigenvalue weighted by atomic mass is 35.5. The molecule has 0 spiro atoms. The first kappa shape index (κ1) is 12.9. The third kappa shape index (κ3) is 2.13. The smallest absolute Gasteiger partial charge is 0.231 e. The Morgan fingerprint density at radius 1 is 1.37 bits per heavy atom. The van der Waals surface area contributed by atoms with Gasteiger partial charge in [0.05, 0.1) is 5.41 Å². The van der Waals surface area contributed by atoms with E-state index in [2.05, 4.69) is 5.32 Å². The molecule has 0 saturated heterocycles. The Hall–Kier alpha value is -1.13. The molecule has 1 aliphatic carbocycles. The number of halogens is 2. The summed E-state index contributed by atoms with van der Waals surface area (Å²) >= 11 is 11.9. The Bertz CT molecular complexity index is 547. The molecule has 1 aliphatic heterocycles. The van der Waals surface area contributed by atoms with E-state index in [-0.39, 0.29) is 12.7 Å². The predicted molar refractivity (Wildman–Crippen MR) is 71.6 cm³/mol. The maximum atomic E-state index is 12.0. The van der Waals surface area contributed by atoms with Crippen LogP contribution in [0.3, 0.4) is 0 Å². The minimum absolute atomic E-state index is 0.129. The average molecular weight is 302 g/mol. The lowest BCUT2D eigenvalue weighted by atomic mass is 10.1. The Morgan fingerprint density at radius 2 is 2.05 bits per heavy atom. The van der Waals surface area contributed by atoms with Crippen LogP contribution in [0, 0.1) is 5.41 Å². The molecule has 4 nitrogen and oxygen atoms in total. The lowest BCUT2D eigenvalue weighted by Gasteiger charge is -2.12. The van der Waals surface area contributed by atoms with Crippen molar-refractivity contribution < 1.29 is 14.3 Å². The first-order chi connectivity index (χ1) is 8.92. The maximum absolute atomic E-state index is 12.0. The zero-order valence-electron chi connectivity index (χ0n) is 10.3. The Kier molecular flexibility index (Phi) is 2.84. The molecule has 0 radical (unpaired) electrons. The van der Waals surface area contributed by atoms with Crippen LogP contribution in [0.15, 0.2) is 18.2 Å². The highest BCUT2D eigenvalue weighted by Gasteiger charge is 2.67. The highest BCUT2D eigenvalue weighted by Crippen LogP contribution is 2.63. The summed E-state index contributed by atoms with van der Waals surface area (Å²) in [5, 5.41) is 2.84. The van der Waals surface area contributed by atoms with E-state index in [1.807, 2.05) is 18.2 Å². The van der Waals surface area contributed by atoms with Crippen molar-refractivity contribution in [3.05, 3.63) is 23.8 Å². The van der Waals surface area contributed by atoms with E-state index in [1.165, 1.54) is 0 Å². The molecule has 0 unspecified atom stereocenters. The number of benzene rings is 1. The van der Waals surface area contributed by atoms with Crippen LogP contribution in [0.1, 0.15) is 18.9 Å². The number of carbonyl (C=O) groups is 1. The number of hydrogen-bond acceptors (Lipinski definition) is 3. The summed E-state index contributed by atoms with van der Waals surface area (Å²) in [6, 6.07) is 5.57. The fourth-order valence-corrected chi connectivity index (χ4v) is 2.78. The lowest BCUT2D eigenvalue weighted by Crippen LogP contribution is -2.32. The molecular weight excluding hydrogens is 289 g/mol. The monoisotopic (exact) mass is 301 g/mol. The average Bonchev–Trinajstić information content (AvgIpc) is 2.76. The summed E-state index contributed by atoms with van der Waals surface area (Å²) in [6.45, 7) is 2.42. The molecule has 102 valence electrons. The van der Waals surface area contributed by atoms with Gasteiger partial charge in [-0.3, -0.25) is 4.79 Å². The molecule has 3 rings (SSSR count). The molecule has 19 heavy (non-hydrogen) atoms. The van der Waals surface area contributed by atoms with Crippen molar-refractivity contribution in [3.63, 3.8) is 0 Å². The third-order valence-corrected chi connectivity index (χ3v) is 4.75. The van der Waals surface area contributed by atoms with Crippen molar-refractivity contribution in [2.24, 2.45) is 5.41 Å². The zero-order valence-corrected chi connectivity index (χ0v) is 11.8. The molecular formula is C13H13Cl2NO3. The van der Waals surface area contributed by atoms with Gasteiger partial charge >= 0.3 is 0 Å². The summed E-state index contributed by atoms with van der Waals surface area (Å²) in [4.78, 5) is 12.0. The molecule has 0 bridgehead atoms. The van der Waals surface area contributed by atoms with Gasteiger partial charge < -0.3 is 14.8 Å². The van der Waals surface area contributed by atoms with E-state index in [0.29, 0.717) is 18.7 Å². The van der Waals surface area contributed by atoms with E-state index in [9.17, 15) is 4.79 Å². The van der Waals surface area contributed by atoms with Gasteiger partial charge in [-0.1, -0.05) is 6.07 Å².